The normalized spacial score (nSPS) is 11.3. The second-order valence-corrected chi connectivity index (χ2v) is 14.7. The molecule has 55 heavy (non-hydrogen) atoms. The molecule has 3 nitrogen and oxygen atoms in total. The third-order valence-corrected chi connectivity index (χ3v) is 11.3. The summed E-state index contributed by atoms with van der Waals surface area (Å²) in [6.07, 6.45) is 0. The summed E-state index contributed by atoms with van der Waals surface area (Å²) < 4.78 is 2.43. The van der Waals surface area contributed by atoms with Gasteiger partial charge in [-0.1, -0.05) is 170 Å². The topological polar surface area (TPSA) is 38.7 Å². The number of rotatable bonds is 7. The zero-order valence-electron chi connectivity index (χ0n) is 29.8. The highest BCUT2D eigenvalue weighted by molar-refractivity contribution is 7.26. The summed E-state index contributed by atoms with van der Waals surface area (Å²) >= 11 is 1.80. The minimum absolute atomic E-state index is 0.658. The molecule has 8 aromatic carbocycles. The number of hydrogen-bond acceptors (Lipinski definition) is 4. The van der Waals surface area contributed by atoms with Crippen LogP contribution in [0.4, 0.5) is 0 Å². The average molecular weight is 720 g/mol. The zero-order valence-corrected chi connectivity index (χ0v) is 30.6. The van der Waals surface area contributed by atoms with Gasteiger partial charge < -0.3 is 0 Å². The summed E-state index contributed by atoms with van der Waals surface area (Å²) in [6, 6.07) is 70.6. The van der Waals surface area contributed by atoms with Gasteiger partial charge in [0.05, 0.1) is 0 Å². The Morgan fingerprint density at radius 2 is 0.709 bits per heavy atom. The van der Waals surface area contributed by atoms with E-state index in [0.29, 0.717) is 17.5 Å². The molecule has 0 aliphatic rings. The van der Waals surface area contributed by atoms with Crippen LogP contribution in [0.5, 0.6) is 0 Å². The second kappa shape index (κ2) is 14.1. The maximum atomic E-state index is 5.10. The summed E-state index contributed by atoms with van der Waals surface area (Å²) in [7, 11) is 0. The fraction of sp³-hybridized carbons (Fsp3) is 0. The van der Waals surface area contributed by atoms with Gasteiger partial charge in [-0.25, -0.2) is 15.0 Å². The largest absolute Gasteiger partial charge is 0.208 e. The molecule has 2 aromatic heterocycles. The van der Waals surface area contributed by atoms with Crippen molar-refractivity contribution >= 4 is 31.5 Å². The van der Waals surface area contributed by atoms with E-state index in [1.165, 1.54) is 59.3 Å². The summed E-state index contributed by atoms with van der Waals surface area (Å²) in [5.41, 5.74) is 12.5. The third kappa shape index (κ3) is 6.29. The van der Waals surface area contributed by atoms with Crippen LogP contribution in [0.1, 0.15) is 0 Å². The van der Waals surface area contributed by atoms with Crippen molar-refractivity contribution in [3.63, 3.8) is 0 Å². The molecule has 258 valence electrons. The van der Waals surface area contributed by atoms with Gasteiger partial charge in [0, 0.05) is 36.9 Å². The molecule has 0 radical (unpaired) electrons. The van der Waals surface area contributed by atoms with Crippen LogP contribution in [-0.4, -0.2) is 15.0 Å². The lowest BCUT2D eigenvalue weighted by molar-refractivity contribution is 1.08. The number of hydrogen-bond donors (Lipinski definition) is 0. The minimum atomic E-state index is 0.658. The van der Waals surface area contributed by atoms with Crippen LogP contribution in [0.3, 0.4) is 0 Å². The van der Waals surface area contributed by atoms with Crippen LogP contribution >= 0.6 is 11.3 Å². The van der Waals surface area contributed by atoms with Crippen LogP contribution in [0.15, 0.2) is 200 Å². The van der Waals surface area contributed by atoms with Gasteiger partial charge >= 0.3 is 0 Å². The van der Waals surface area contributed by atoms with Crippen molar-refractivity contribution in [2.45, 2.75) is 0 Å². The molecule has 0 spiro atoms. The first kappa shape index (κ1) is 32.6. The number of thiophene rings is 1. The number of benzene rings is 8. The maximum Gasteiger partial charge on any atom is 0.164 e. The maximum absolute atomic E-state index is 5.10. The molecular weight excluding hydrogens is 687 g/mol. The average Bonchev–Trinajstić information content (AvgIpc) is 3.66. The van der Waals surface area contributed by atoms with Crippen LogP contribution in [0.2, 0.25) is 0 Å². The zero-order chi connectivity index (χ0) is 36.6. The minimum Gasteiger partial charge on any atom is -0.208 e. The van der Waals surface area contributed by atoms with Gasteiger partial charge in [0.1, 0.15) is 0 Å². The van der Waals surface area contributed by atoms with Gasteiger partial charge in [-0.05, 0) is 74.8 Å². The Balaban J connectivity index is 1.07. The molecule has 0 amide bonds. The summed E-state index contributed by atoms with van der Waals surface area (Å²) in [6.45, 7) is 0. The highest BCUT2D eigenvalue weighted by Gasteiger charge is 2.18. The SMILES string of the molecule is c1ccc(-c2nc(-c3ccccc3)nc(-c3cccc4sc5ccc(-c6cccc(-c7cccc(-c8ccccc8-c8ccccc8)c7)c6)cc5c34)n2)cc1. The predicted molar refractivity (Wildman–Crippen MR) is 231 cm³/mol. The molecule has 10 rings (SSSR count). The predicted octanol–water partition coefficient (Wildman–Crippen LogP) is 13.9. The van der Waals surface area contributed by atoms with E-state index >= 15 is 0 Å². The van der Waals surface area contributed by atoms with E-state index in [1.807, 2.05) is 36.4 Å². The Morgan fingerprint density at radius 1 is 0.273 bits per heavy atom. The van der Waals surface area contributed by atoms with Gasteiger partial charge in [0.2, 0.25) is 0 Å². The quantitative estimate of drug-likeness (QED) is 0.165. The lowest BCUT2D eigenvalue weighted by Gasteiger charge is -2.12. The Morgan fingerprint density at radius 3 is 1.33 bits per heavy atom. The molecule has 0 unspecified atom stereocenters. The first-order valence-electron chi connectivity index (χ1n) is 18.4. The lowest BCUT2D eigenvalue weighted by atomic mass is 9.92. The van der Waals surface area contributed by atoms with E-state index in [0.717, 1.165) is 22.1 Å². The van der Waals surface area contributed by atoms with Gasteiger partial charge in [-0.15, -0.1) is 11.3 Å². The van der Waals surface area contributed by atoms with Crippen molar-refractivity contribution in [1.29, 1.82) is 0 Å². The third-order valence-electron chi connectivity index (χ3n) is 10.2. The van der Waals surface area contributed by atoms with E-state index in [2.05, 4.69) is 164 Å². The highest BCUT2D eigenvalue weighted by Crippen LogP contribution is 2.42. The Hall–Kier alpha value is -7.01. The van der Waals surface area contributed by atoms with Gasteiger partial charge in [-0.3, -0.25) is 0 Å². The molecule has 4 heteroatoms. The monoisotopic (exact) mass is 719 g/mol. The standard InChI is InChI=1S/C51H33N3S/c1-4-15-34(16-5-1)42-25-10-11-26-43(42)41-24-13-23-39(32-41)37-21-12-22-38(31-37)40-29-30-46-45(33-40)48-44(27-14-28-47(48)55-46)51-53-49(35-17-6-2-7-18-35)52-50(54-51)36-19-8-3-9-20-36/h1-33H. The molecule has 0 N–H and O–H groups in total. The Kier molecular flexibility index (Phi) is 8.36. The molecule has 0 atom stereocenters. The smallest absolute Gasteiger partial charge is 0.164 e. The van der Waals surface area contributed by atoms with Crippen LogP contribution in [-0.2, 0) is 0 Å². The van der Waals surface area contributed by atoms with E-state index in [1.54, 1.807) is 11.3 Å². The Bertz CT molecular complexity index is 2910. The Labute approximate surface area is 323 Å². The van der Waals surface area contributed by atoms with Crippen LogP contribution in [0.25, 0.3) is 98.8 Å². The van der Waals surface area contributed by atoms with E-state index in [9.17, 15) is 0 Å². The molecule has 0 bridgehead atoms. The molecule has 0 fully saturated rings. The molecule has 0 saturated heterocycles. The second-order valence-electron chi connectivity index (χ2n) is 13.6. The van der Waals surface area contributed by atoms with Crippen molar-refractivity contribution in [3.8, 4) is 78.7 Å². The summed E-state index contributed by atoms with van der Waals surface area (Å²) in [5, 5.41) is 2.36. The molecule has 0 aliphatic carbocycles. The molecule has 10 aromatic rings. The van der Waals surface area contributed by atoms with E-state index in [4.69, 9.17) is 15.0 Å². The van der Waals surface area contributed by atoms with Gasteiger partial charge in [0.15, 0.2) is 17.5 Å². The first-order valence-corrected chi connectivity index (χ1v) is 19.3. The van der Waals surface area contributed by atoms with Crippen molar-refractivity contribution in [3.05, 3.63) is 200 Å². The van der Waals surface area contributed by atoms with Gasteiger partial charge in [-0.2, -0.15) is 0 Å². The van der Waals surface area contributed by atoms with Crippen LogP contribution < -0.4 is 0 Å². The van der Waals surface area contributed by atoms with Crippen LogP contribution in [0, 0.1) is 0 Å². The number of nitrogens with zero attached hydrogens (tertiary/aromatic N) is 3. The first-order chi connectivity index (χ1) is 27.2. The fourth-order valence-corrected chi connectivity index (χ4v) is 8.58. The molecular formula is C51H33N3S. The van der Waals surface area contributed by atoms with E-state index < -0.39 is 0 Å². The summed E-state index contributed by atoms with van der Waals surface area (Å²) in [4.78, 5) is 15.1. The van der Waals surface area contributed by atoms with Crippen molar-refractivity contribution in [1.82, 2.24) is 15.0 Å². The molecule has 2 heterocycles. The summed E-state index contributed by atoms with van der Waals surface area (Å²) in [5.74, 6) is 1.98. The highest BCUT2D eigenvalue weighted by atomic mass is 32.1. The van der Waals surface area contributed by atoms with Crippen molar-refractivity contribution in [2.75, 3.05) is 0 Å². The number of aromatic nitrogens is 3. The van der Waals surface area contributed by atoms with E-state index in [-0.39, 0.29) is 0 Å². The van der Waals surface area contributed by atoms with Gasteiger partial charge in [0.25, 0.3) is 0 Å². The molecule has 0 saturated carbocycles. The lowest BCUT2D eigenvalue weighted by Crippen LogP contribution is -2.00. The van der Waals surface area contributed by atoms with Crippen molar-refractivity contribution < 1.29 is 0 Å². The van der Waals surface area contributed by atoms with Crippen molar-refractivity contribution in [2.24, 2.45) is 0 Å². The number of fused-ring (bicyclic) bond motifs is 3. The molecule has 0 aliphatic heterocycles. The fourth-order valence-electron chi connectivity index (χ4n) is 7.47.